The second-order valence-electron chi connectivity index (χ2n) is 5.29. The molecule has 1 amide bonds. The Hall–Kier alpha value is -2.82. The zero-order valence-electron chi connectivity index (χ0n) is 12.9. The number of anilines is 1. The lowest BCUT2D eigenvalue weighted by atomic mass is 9.89. The molecule has 23 heavy (non-hydrogen) atoms. The van der Waals surface area contributed by atoms with Gasteiger partial charge >= 0.3 is 5.97 Å². The van der Waals surface area contributed by atoms with Gasteiger partial charge in [-0.2, -0.15) is 0 Å². The van der Waals surface area contributed by atoms with Crippen molar-refractivity contribution in [2.45, 2.75) is 19.1 Å². The van der Waals surface area contributed by atoms with Gasteiger partial charge in [-0.15, -0.1) is 0 Å². The molecule has 0 aromatic heterocycles. The van der Waals surface area contributed by atoms with Crippen LogP contribution in [0, 0.1) is 0 Å². The number of β-lactam (4-membered cyclic amide) rings is 1. The van der Waals surface area contributed by atoms with E-state index in [1.165, 1.54) is 6.92 Å². The molecule has 0 N–H and O–H groups in total. The van der Waals surface area contributed by atoms with Crippen LogP contribution in [0.4, 0.5) is 5.69 Å². The quantitative estimate of drug-likeness (QED) is 0.643. The number of amides is 1. The van der Waals surface area contributed by atoms with Gasteiger partial charge in [0.1, 0.15) is 11.8 Å². The Morgan fingerprint density at radius 1 is 1.04 bits per heavy atom. The van der Waals surface area contributed by atoms with E-state index in [4.69, 9.17) is 9.47 Å². The van der Waals surface area contributed by atoms with E-state index in [-0.39, 0.29) is 11.9 Å². The van der Waals surface area contributed by atoms with Crippen molar-refractivity contribution in [2.24, 2.45) is 0 Å². The van der Waals surface area contributed by atoms with Crippen LogP contribution in [-0.2, 0) is 14.3 Å². The van der Waals surface area contributed by atoms with Crippen LogP contribution in [0.5, 0.6) is 5.75 Å². The molecule has 2 aromatic carbocycles. The van der Waals surface area contributed by atoms with Gasteiger partial charge in [0, 0.05) is 12.6 Å². The average molecular weight is 311 g/mol. The minimum atomic E-state index is -0.781. The van der Waals surface area contributed by atoms with Crippen molar-refractivity contribution in [3.8, 4) is 5.75 Å². The molecule has 3 rings (SSSR count). The lowest BCUT2D eigenvalue weighted by Crippen LogP contribution is -2.60. The Labute approximate surface area is 134 Å². The highest BCUT2D eigenvalue weighted by Crippen LogP contribution is 2.41. The summed E-state index contributed by atoms with van der Waals surface area (Å²) in [5.74, 6) is 0.0346. The van der Waals surface area contributed by atoms with Crippen molar-refractivity contribution in [1.82, 2.24) is 0 Å². The fraction of sp³-hybridized carbons (Fsp3) is 0.222. The zero-order valence-corrected chi connectivity index (χ0v) is 12.9. The van der Waals surface area contributed by atoms with Gasteiger partial charge in [-0.05, 0) is 29.8 Å². The van der Waals surface area contributed by atoms with Crippen LogP contribution >= 0.6 is 0 Å². The van der Waals surface area contributed by atoms with Gasteiger partial charge in [0.15, 0.2) is 0 Å². The van der Waals surface area contributed by atoms with Gasteiger partial charge in [0.25, 0.3) is 5.91 Å². The van der Waals surface area contributed by atoms with Crippen LogP contribution in [0.25, 0.3) is 0 Å². The number of rotatable bonds is 4. The highest BCUT2D eigenvalue weighted by molar-refractivity contribution is 6.06. The molecule has 5 nitrogen and oxygen atoms in total. The Balaban J connectivity index is 1.94. The number of benzene rings is 2. The van der Waals surface area contributed by atoms with Gasteiger partial charge < -0.3 is 9.47 Å². The Bertz CT molecular complexity index is 712. The molecule has 118 valence electrons. The predicted octanol–water partition coefficient (Wildman–Crippen LogP) is 2.71. The number of esters is 1. The molecule has 1 heterocycles. The average Bonchev–Trinajstić information content (AvgIpc) is 2.58. The molecule has 1 saturated heterocycles. The summed E-state index contributed by atoms with van der Waals surface area (Å²) in [6.45, 7) is 1.31. The standard InChI is InChI=1S/C18H17NO4/c1-12(20)23-17-16(13-6-4-3-5-7-13)19(18(17)21)14-8-10-15(22-2)11-9-14/h3-11,16-17H,1-2H3/t16-,17+/m1/s1. The third kappa shape index (κ3) is 2.77. The summed E-state index contributed by atoms with van der Waals surface area (Å²) in [5.41, 5.74) is 1.67. The van der Waals surface area contributed by atoms with Crippen LogP contribution in [0.3, 0.4) is 0 Å². The number of nitrogens with zero attached hydrogens (tertiary/aromatic N) is 1. The van der Waals surface area contributed by atoms with Gasteiger partial charge in [-0.25, -0.2) is 0 Å². The molecular weight excluding hydrogens is 294 g/mol. The van der Waals surface area contributed by atoms with Crippen molar-refractivity contribution in [3.63, 3.8) is 0 Å². The summed E-state index contributed by atoms with van der Waals surface area (Å²) >= 11 is 0. The van der Waals surface area contributed by atoms with Crippen molar-refractivity contribution in [1.29, 1.82) is 0 Å². The number of methoxy groups -OCH3 is 1. The Morgan fingerprint density at radius 2 is 1.70 bits per heavy atom. The van der Waals surface area contributed by atoms with E-state index in [0.29, 0.717) is 0 Å². The molecule has 0 bridgehead atoms. The molecule has 0 radical (unpaired) electrons. The number of carbonyl (C=O) groups is 2. The first-order valence-corrected chi connectivity index (χ1v) is 7.31. The first-order valence-electron chi connectivity index (χ1n) is 7.31. The van der Waals surface area contributed by atoms with Crippen molar-refractivity contribution in [2.75, 3.05) is 12.0 Å². The van der Waals surface area contributed by atoms with Gasteiger partial charge in [-0.1, -0.05) is 30.3 Å². The molecule has 0 aliphatic carbocycles. The van der Waals surface area contributed by atoms with Crippen molar-refractivity contribution < 1.29 is 19.1 Å². The third-order valence-electron chi connectivity index (χ3n) is 3.83. The van der Waals surface area contributed by atoms with E-state index in [1.807, 2.05) is 42.5 Å². The summed E-state index contributed by atoms with van der Waals surface area (Å²) in [5, 5.41) is 0. The largest absolute Gasteiger partial charge is 0.497 e. The Morgan fingerprint density at radius 3 is 2.26 bits per heavy atom. The second kappa shape index (κ2) is 6.12. The number of ether oxygens (including phenoxy) is 2. The SMILES string of the molecule is COc1ccc(N2C(=O)[C@@H](OC(C)=O)[C@H]2c2ccccc2)cc1. The van der Waals surface area contributed by atoms with Crippen LogP contribution in [0.2, 0.25) is 0 Å². The zero-order chi connectivity index (χ0) is 16.4. The lowest BCUT2D eigenvalue weighted by Gasteiger charge is -2.46. The second-order valence-corrected chi connectivity index (χ2v) is 5.29. The maximum atomic E-state index is 12.5. The van der Waals surface area contributed by atoms with E-state index >= 15 is 0 Å². The third-order valence-corrected chi connectivity index (χ3v) is 3.83. The summed E-state index contributed by atoms with van der Waals surface area (Å²) in [4.78, 5) is 25.4. The maximum absolute atomic E-state index is 12.5. The number of hydrogen-bond donors (Lipinski definition) is 0. The van der Waals surface area contributed by atoms with Gasteiger partial charge in [-0.3, -0.25) is 14.5 Å². The monoisotopic (exact) mass is 311 g/mol. The van der Waals surface area contributed by atoms with Crippen molar-refractivity contribution in [3.05, 3.63) is 60.2 Å². The molecule has 5 heteroatoms. The molecule has 0 saturated carbocycles. The molecule has 1 fully saturated rings. The minimum absolute atomic E-state index is 0.223. The highest BCUT2D eigenvalue weighted by Gasteiger charge is 2.51. The first kappa shape index (κ1) is 15.1. The van der Waals surface area contributed by atoms with Crippen molar-refractivity contribution >= 4 is 17.6 Å². The number of carbonyl (C=O) groups excluding carboxylic acids is 2. The predicted molar refractivity (Wildman–Crippen MR) is 85.2 cm³/mol. The van der Waals surface area contributed by atoms with E-state index in [0.717, 1.165) is 17.0 Å². The molecule has 0 spiro atoms. The normalized spacial score (nSPS) is 19.9. The van der Waals surface area contributed by atoms with E-state index in [9.17, 15) is 9.59 Å². The van der Waals surface area contributed by atoms with E-state index in [1.54, 1.807) is 24.1 Å². The molecule has 0 unspecified atom stereocenters. The molecule has 1 aliphatic heterocycles. The van der Waals surface area contributed by atoms with E-state index in [2.05, 4.69) is 0 Å². The maximum Gasteiger partial charge on any atom is 0.303 e. The van der Waals surface area contributed by atoms with Crippen LogP contribution < -0.4 is 9.64 Å². The van der Waals surface area contributed by atoms with Gasteiger partial charge in [0.2, 0.25) is 6.10 Å². The molecule has 2 atom stereocenters. The fourth-order valence-electron chi connectivity index (χ4n) is 2.76. The topological polar surface area (TPSA) is 55.8 Å². The van der Waals surface area contributed by atoms with Crippen LogP contribution in [0.15, 0.2) is 54.6 Å². The highest BCUT2D eigenvalue weighted by atomic mass is 16.6. The first-order chi connectivity index (χ1) is 11.1. The summed E-state index contributed by atoms with van der Waals surface area (Å²) in [7, 11) is 1.59. The van der Waals surface area contributed by atoms with Crippen LogP contribution in [0.1, 0.15) is 18.5 Å². The Kier molecular flexibility index (Phi) is 4.02. The lowest BCUT2D eigenvalue weighted by molar-refractivity contribution is -0.160. The number of hydrogen-bond acceptors (Lipinski definition) is 4. The molecule has 2 aromatic rings. The summed E-state index contributed by atoms with van der Waals surface area (Å²) in [6.07, 6.45) is -0.781. The summed E-state index contributed by atoms with van der Waals surface area (Å²) < 4.78 is 10.3. The summed E-state index contributed by atoms with van der Waals surface area (Å²) in [6, 6.07) is 16.4. The fourth-order valence-corrected chi connectivity index (χ4v) is 2.76. The smallest absolute Gasteiger partial charge is 0.303 e. The minimum Gasteiger partial charge on any atom is -0.497 e. The molecular formula is C18H17NO4. The van der Waals surface area contributed by atoms with Gasteiger partial charge in [0.05, 0.1) is 7.11 Å². The molecule has 1 aliphatic rings. The van der Waals surface area contributed by atoms with Crippen LogP contribution in [-0.4, -0.2) is 25.1 Å². The van der Waals surface area contributed by atoms with E-state index < -0.39 is 12.1 Å².